The van der Waals surface area contributed by atoms with Crippen LogP contribution in [-0.2, 0) is 0 Å². The number of likely N-dealkylation sites (tertiary alicyclic amines) is 1. The molecule has 0 amide bonds. The SMILES string of the molecule is CC(C)CC1CCCN(C(C)C)C1. The van der Waals surface area contributed by atoms with Crippen LogP contribution in [0.4, 0.5) is 0 Å². The van der Waals surface area contributed by atoms with Crippen molar-refractivity contribution in [2.45, 2.75) is 53.0 Å². The summed E-state index contributed by atoms with van der Waals surface area (Å²) < 4.78 is 0. The third-order valence-corrected chi connectivity index (χ3v) is 3.09. The van der Waals surface area contributed by atoms with Crippen LogP contribution in [0.25, 0.3) is 0 Å². The second kappa shape index (κ2) is 4.99. The van der Waals surface area contributed by atoms with Gasteiger partial charge in [-0.3, -0.25) is 0 Å². The van der Waals surface area contributed by atoms with Crippen LogP contribution in [0.5, 0.6) is 0 Å². The van der Waals surface area contributed by atoms with E-state index in [4.69, 9.17) is 0 Å². The highest BCUT2D eigenvalue weighted by molar-refractivity contribution is 4.75. The van der Waals surface area contributed by atoms with Gasteiger partial charge in [0.25, 0.3) is 0 Å². The minimum atomic E-state index is 0.745. The Morgan fingerprint density at radius 1 is 1.23 bits per heavy atom. The minimum Gasteiger partial charge on any atom is -0.301 e. The Hall–Kier alpha value is -0.0400. The van der Waals surface area contributed by atoms with Crippen LogP contribution >= 0.6 is 0 Å². The largest absolute Gasteiger partial charge is 0.301 e. The second-order valence-corrected chi connectivity index (χ2v) is 5.23. The topological polar surface area (TPSA) is 3.24 Å². The van der Waals surface area contributed by atoms with Gasteiger partial charge in [-0.15, -0.1) is 0 Å². The molecule has 1 heterocycles. The maximum absolute atomic E-state index is 2.64. The standard InChI is InChI=1S/C12H25N/c1-10(2)8-12-6-5-7-13(9-12)11(3)4/h10-12H,5-9H2,1-4H3. The number of piperidine rings is 1. The van der Waals surface area contributed by atoms with Gasteiger partial charge < -0.3 is 4.90 Å². The number of hydrogen-bond donors (Lipinski definition) is 0. The first-order valence-corrected chi connectivity index (χ1v) is 5.83. The van der Waals surface area contributed by atoms with Crippen molar-refractivity contribution in [2.24, 2.45) is 11.8 Å². The summed E-state index contributed by atoms with van der Waals surface area (Å²) in [5, 5.41) is 0. The van der Waals surface area contributed by atoms with Crippen LogP contribution in [0.15, 0.2) is 0 Å². The predicted octanol–water partition coefficient (Wildman–Crippen LogP) is 3.15. The molecule has 13 heavy (non-hydrogen) atoms. The fraction of sp³-hybridized carbons (Fsp3) is 1.00. The van der Waals surface area contributed by atoms with Gasteiger partial charge in [0, 0.05) is 12.6 Å². The van der Waals surface area contributed by atoms with Crippen molar-refractivity contribution < 1.29 is 0 Å². The van der Waals surface area contributed by atoms with E-state index in [0.717, 1.165) is 17.9 Å². The summed E-state index contributed by atoms with van der Waals surface area (Å²) in [5.41, 5.74) is 0. The summed E-state index contributed by atoms with van der Waals surface area (Å²) in [6, 6.07) is 0.745. The number of nitrogens with zero attached hydrogens (tertiary/aromatic N) is 1. The average Bonchev–Trinajstić information content (AvgIpc) is 2.03. The molecule has 78 valence electrons. The Morgan fingerprint density at radius 2 is 1.92 bits per heavy atom. The lowest BCUT2D eigenvalue weighted by atomic mass is 9.89. The van der Waals surface area contributed by atoms with Crippen LogP contribution in [0.3, 0.4) is 0 Å². The van der Waals surface area contributed by atoms with Crippen LogP contribution < -0.4 is 0 Å². The summed E-state index contributed by atoms with van der Waals surface area (Å²) in [7, 11) is 0. The zero-order valence-electron chi connectivity index (χ0n) is 9.71. The van der Waals surface area contributed by atoms with E-state index in [9.17, 15) is 0 Å². The summed E-state index contributed by atoms with van der Waals surface area (Å²) in [6.07, 6.45) is 4.29. The van der Waals surface area contributed by atoms with Crippen molar-refractivity contribution in [3.63, 3.8) is 0 Å². The Kier molecular flexibility index (Phi) is 4.24. The highest BCUT2D eigenvalue weighted by atomic mass is 15.2. The van der Waals surface area contributed by atoms with Gasteiger partial charge in [-0.1, -0.05) is 13.8 Å². The summed E-state index contributed by atoms with van der Waals surface area (Å²) in [5.74, 6) is 1.84. The number of hydrogen-bond acceptors (Lipinski definition) is 1. The van der Waals surface area contributed by atoms with Crippen LogP contribution in [0.1, 0.15) is 47.0 Å². The molecule has 0 N–H and O–H groups in total. The van der Waals surface area contributed by atoms with Crippen LogP contribution in [0, 0.1) is 11.8 Å². The van der Waals surface area contributed by atoms with E-state index in [1.807, 2.05) is 0 Å². The van der Waals surface area contributed by atoms with E-state index in [0.29, 0.717) is 0 Å². The van der Waals surface area contributed by atoms with Crippen LogP contribution in [0.2, 0.25) is 0 Å². The molecule has 1 aliphatic rings. The molecule has 0 aliphatic carbocycles. The van der Waals surface area contributed by atoms with Gasteiger partial charge in [-0.25, -0.2) is 0 Å². The van der Waals surface area contributed by atoms with Gasteiger partial charge in [0.1, 0.15) is 0 Å². The predicted molar refractivity (Wildman–Crippen MR) is 58.9 cm³/mol. The Balaban J connectivity index is 2.33. The highest BCUT2D eigenvalue weighted by Gasteiger charge is 2.21. The Bertz CT molecular complexity index is 140. The molecule has 1 heteroatoms. The molecule has 0 spiro atoms. The monoisotopic (exact) mass is 183 g/mol. The molecule has 1 fully saturated rings. The smallest absolute Gasteiger partial charge is 0.00387 e. The Labute approximate surface area is 83.5 Å². The first-order chi connectivity index (χ1) is 6.09. The quantitative estimate of drug-likeness (QED) is 0.649. The fourth-order valence-electron chi connectivity index (χ4n) is 2.43. The Morgan fingerprint density at radius 3 is 2.46 bits per heavy atom. The molecular weight excluding hydrogens is 158 g/mol. The molecular formula is C12H25N. The molecule has 1 atom stereocenters. The van der Waals surface area contributed by atoms with Crippen LogP contribution in [-0.4, -0.2) is 24.0 Å². The first-order valence-electron chi connectivity index (χ1n) is 5.83. The molecule has 1 unspecified atom stereocenters. The summed E-state index contributed by atoms with van der Waals surface area (Å²) in [4.78, 5) is 2.64. The third-order valence-electron chi connectivity index (χ3n) is 3.09. The molecule has 0 aromatic rings. The fourth-order valence-corrected chi connectivity index (χ4v) is 2.43. The van der Waals surface area contributed by atoms with E-state index in [-0.39, 0.29) is 0 Å². The van der Waals surface area contributed by atoms with E-state index in [1.165, 1.54) is 32.4 Å². The van der Waals surface area contributed by atoms with E-state index >= 15 is 0 Å². The molecule has 1 rings (SSSR count). The maximum atomic E-state index is 2.64. The second-order valence-electron chi connectivity index (χ2n) is 5.23. The summed E-state index contributed by atoms with van der Waals surface area (Å²) in [6.45, 7) is 12.0. The van der Waals surface area contributed by atoms with Gasteiger partial charge in [-0.2, -0.15) is 0 Å². The average molecular weight is 183 g/mol. The van der Waals surface area contributed by atoms with Crippen molar-refractivity contribution >= 4 is 0 Å². The van der Waals surface area contributed by atoms with Crippen molar-refractivity contribution in [3.05, 3.63) is 0 Å². The van der Waals surface area contributed by atoms with E-state index < -0.39 is 0 Å². The lowest BCUT2D eigenvalue weighted by molar-refractivity contribution is 0.128. The third kappa shape index (κ3) is 3.68. The number of rotatable bonds is 3. The normalized spacial score (nSPS) is 25.8. The molecule has 0 aromatic heterocycles. The first kappa shape index (κ1) is 11.0. The molecule has 1 saturated heterocycles. The summed E-state index contributed by atoms with van der Waals surface area (Å²) >= 11 is 0. The van der Waals surface area contributed by atoms with Crippen molar-refractivity contribution in [1.82, 2.24) is 4.90 Å². The van der Waals surface area contributed by atoms with E-state index in [2.05, 4.69) is 32.6 Å². The lowest BCUT2D eigenvalue weighted by Gasteiger charge is -2.36. The van der Waals surface area contributed by atoms with Gasteiger partial charge in [0.05, 0.1) is 0 Å². The van der Waals surface area contributed by atoms with Gasteiger partial charge in [0.2, 0.25) is 0 Å². The lowest BCUT2D eigenvalue weighted by Crippen LogP contribution is -2.40. The molecule has 0 radical (unpaired) electrons. The molecule has 0 bridgehead atoms. The zero-order chi connectivity index (χ0) is 9.84. The van der Waals surface area contributed by atoms with Gasteiger partial charge in [0.15, 0.2) is 0 Å². The van der Waals surface area contributed by atoms with Crippen molar-refractivity contribution in [3.8, 4) is 0 Å². The maximum Gasteiger partial charge on any atom is 0.00387 e. The minimum absolute atomic E-state index is 0.745. The molecule has 1 nitrogen and oxygen atoms in total. The molecule has 1 aliphatic heterocycles. The molecule has 0 saturated carbocycles. The zero-order valence-corrected chi connectivity index (χ0v) is 9.71. The van der Waals surface area contributed by atoms with E-state index in [1.54, 1.807) is 0 Å². The van der Waals surface area contributed by atoms with Crippen molar-refractivity contribution in [2.75, 3.05) is 13.1 Å². The van der Waals surface area contributed by atoms with Crippen molar-refractivity contribution in [1.29, 1.82) is 0 Å². The van der Waals surface area contributed by atoms with Gasteiger partial charge >= 0.3 is 0 Å². The molecule has 0 aromatic carbocycles. The van der Waals surface area contributed by atoms with Gasteiger partial charge in [-0.05, 0) is 51.5 Å². The highest BCUT2D eigenvalue weighted by Crippen LogP contribution is 2.23.